The van der Waals surface area contributed by atoms with Crippen molar-refractivity contribution in [1.29, 1.82) is 0 Å². The molecule has 3 aromatic heterocycles. The molecule has 0 spiro atoms. The van der Waals surface area contributed by atoms with E-state index in [1.54, 1.807) is 16.8 Å². The Morgan fingerprint density at radius 1 is 1.23 bits per heavy atom. The monoisotopic (exact) mass is 438 g/mol. The number of benzene rings is 1. The SMILES string of the molecule is O=C(Cc1cccs1)NCCn1ncc2c(=O)n(Cc3ccc([N+](=O)[O-])cc3)cnc21. The lowest BCUT2D eigenvalue weighted by molar-refractivity contribution is -0.384. The molecule has 11 heteroatoms. The number of non-ortho nitro benzene ring substituents is 1. The van der Waals surface area contributed by atoms with E-state index >= 15 is 0 Å². The number of carbonyl (C=O) groups is 1. The second kappa shape index (κ2) is 8.88. The van der Waals surface area contributed by atoms with E-state index in [2.05, 4.69) is 15.4 Å². The Kier molecular flexibility index (Phi) is 5.85. The first kappa shape index (κ1) is 20.4. The zero-order valence-corrected chi connectivity index (χ0v) is 17.1. The topological polar surface area (TPSA) is 125 Å². The van der Waals surface area contributed by atoms with Gasteiger partial charge in [0.1, 0.15) is 11.7 Å². The molecule has 4 aromatic rings. The van der Waals surface area contributed by atoms with Gasteiger partial charge in [-0.1, -0.05) is 18.2 Å². The van der Waals surface area contributed by atoms with E-state index in [1.165, 1.54) is 40.6 Å². The Hall–Kier alpha value is -3.86. The van der Waals surface area contributed by atoms with Gasteiger partial charge in [-0.15, -0.1) is 11.3 Å². The molecule has 10 nitrogen and oxygen atoms in total. The van der Waals surface area contributed by atoms with Crippen LogP contribution in [0.4, 0.5) is 5.69 Å². The molecule has 0 aliphatic carbocycles. The maximum absolute atomic E-state index is 12.8. The van der Waals surface area contributed by atoms with Crippen LogP contribution in [0.25, 0.3) is 11.0 Å². The minimum Gasteiger partial charge on any atom is -0.354 e. The Balaban J connectivity index is 1.42. The number of hydrogen-bond donors (Lipinski definition) is 1. The predicted molar refractivity (Wildman–Crippen MR) is 115 cm³/mol. The largest absolute Gasteiger partial charge is 0.354 e. The molecule has 0 radical (unpaired) electrons. The van der Waals surface area contributed by atoms with E-state index in [4.69, 9.17) is 0 Å². The maximum atomic E-state index is 12.8. The Labute approximate surface area is 179 Å². The first-order chi connectivity index (χ1) is 15.0. The van der Waals surface area contributed by atoms with Crippen molar-refractivity contribution in [2.75, 3.05) is 6.54 Å². The highest BCUT2D eigenvalue weighted by Gasteiger charge is 2.12. The van der Waals surface area contributed by atoms with Crippen molar-refractivity contribution in [2.45, 2.75) is 19.5 Å². The van der Waals surface area contributed by atoms with Gasteiger partial charge in [0.2, 0.25) is 5.91 Å². The second-order valence-electron chi connectivity index (χ2n) is 6.81. The quantitative estimate of drug-likeness (QED) is 0.331. The van der Waals surface area contributed by atoms with Gasteiger partial charge in [0.25, 0.3) is 11.2 Å². The molecule has 0 aliphatic rings. The number of rotatable bonds is 8. The number of carbonyl (C=O) groups excluding carboxylic acids is 1. The van der Waals surface area contributed by atoms with Crippen LogP contribution in [0.5, 0.6) is 0 Å². The highest BCUT2D eigenvalue weighted by molar-refractivity contribution is 7.10. The van der Waals surface area contributed by atoms with E-state index in [1.807, 2.05) is 17.5 Å². The third-order valence-electron chi connectivity index (χ3n) is 4.68. The molecular weight excluding hydrogens is 420 g/mol. The van der Waals surface area contributed by atoms with Crippen LogP contribution >= 0.6 is 11.3 Å². The molecule has 0 saturated carbocycles. The summed E-state index contributed by atoms with van der Waals surface area (Å²) in [7, 11) is 0. The highest BCUT2D eigenvalue weighted by atomic mass is 32.1. The van der Waals surface area contributed by atoms with Crippen molar-refractivity contribution in [1.82, 2.24) is 24.6 Å². The molecule has 4 rings (SSSR count). The number of aromatic nitrogens is 4. The maximum Gasteiger partial charge on any atom is 0.269 e. The third-order valence-corrected chi connectivity index (χ3v) is 5.56. The zero-order valence-electron chi connectivity index (χ0n) is 16.3. The van der Waals surface area contributed by atoms with Gasteiger partial charge in [0, 0.05) is 23.6 Å². The molecule has 1 N–H and O–H groups in total. The number of nitrogens with one attached hydrogen (secondary N) is 1. The molecule has 1 amide bonds. The van der Waals surface area contributed by atoms with Gasteiger partial charge in [0.05, 0.1) is 30.6 Å². The molecule has 0 aliphatic heterocycles. The summed E-state index contributed by atoms with van der Waals surface area (Å²) in [5.74, 6) is -0.0719. The molecular formula is C20H18N6O4S. The molecule has 158 valence electrons. The van der Waals surface area contributed by atoms with Crippen LogP contribution in [0.1, 0.15) is 10.4 Å². The number of nitrogens with zero attached hydrogens (tertiary/aromatic N) is 5. The number of nitro groups is 1. The number of nitro benzene ring substituents is 1. The Morgan fingerprint density at radius 3 is 2.74 bits per heavy atom. The summed E-state index contributed by atoms with van der Waals surface area (Å²) >= 11 is 1.53. The molecule has 0 atom stereocenters. The number of thiophene rings is 1. The summed E-state index contributed by atoms with van der Waals surface area (Å²) in [6.07, 6.45) is 3.23. The average Bonchev–Trinajstić information content (AvgIpc) is 3.41. The molecule has 0 unspecified atom stereocenters. The third kappa shape index (κ3) is 4.67. The van der Waals surface area contributed by atoms with Crippen LogP contribution < -0.4 is 10.9 Å². The normalized spacial score (nSPS) is 11.0. The fourth-order valence-electron chi connectivity index (χ4n) is 3.13. The van der Waals surface area contributed by atoms with Crippen molar-refractivity contribution in [2.24, 2.45) is 0 Å². The summed E-state index contributed by atoms with van der Waals surface area (Å²) in [5.41, 5.74) is 0.928. The lowest BCUT2D eigenvalue weighted by Gasteiger charge is -2.07. The van der Waals surface area contributed by atoms with Gasteiger partial charge in [-0.3, -0.25) is 24.3 Å². The second-order valence-corrected chi connectivity index (χ2v) is 7.84. The van der Waals surface area contributed by atoms with E-state index < -0.39 is 4.92 Å². The Morgan fingerprint density at radius 2 is 2.03 bits per heavy atom. The van der Waals surface area contributed by atoms with Gasteiger partial charge in [-0.2, -0.15) is 5.10 Å². The minimum atomic E-state index is -0.470. The molecule has 0 bridgehead atoms. The Bertz CT molecular complexity index is 1280. The summed E-state index contributed by atoms with van der Waals surface area (Å²) in [6, 6.07) is 9.84. The number of fused-ring (bicyclic) bond motifs is 1. The van der Waals surface area contributed by atoms with Crippen molar-refractivity contribution in [3.63, 3.8) is 0 Å². The molecule has 0 fully saturated rings. The minimum absolute atomic E-state index is 0.00608. The first-order valence-electron chi connectivity index (χ1n) is 9.44. The van der Waals surface area contributed by atoms with E-state index in [-0.39, 0.29) is 23.7 Å². The molecule has 1 aromatic carbocycles. The summed E-state index contributed by atoms with van der Waals surface area (Å²) in [5, 5.41) is 20.1. The summed E-state index contributed by atoms with van der Waals surface area (Å²) in [4.78, 5) is 40.4. The standard InChI is InChI=1S/C20H18N6O4S/c27-18(10-16-2-1-9-31-16)21-7-8-25-19-17(11-23-25)20(28)24(13-22-19)12-14-3-5-15(6-4-14)26(29)30/h1-6,9,11,13H,7-8,10,12H2,(H,21,27). The van der Waals surface area contributed by atoms with Gasteiger partial charge < -0.3 is 5.32 Å². The predicted octanol–water partition coefficient (Wildman–Crippen LogP) is 1.97. The van der Waals surface area contributed by atoms with Crippen molar-refractivity contribution >= 4 is 34.0 Å². The van der Waals surface area contributed by atoms with Crippen LogP contribution in [-0.4, -0.2) is 36.7 Å². The van der Waals surface area contributed by atoms with Crippen LogP contribution in [-0.2, 0) is 24.3 Å². The highest BCUT2D eigenvalue weighted by Crippen LogP contribution is 2.13. The van der Waals surface area contributed by atoms with Crippen molar-refractivity contribution in [3.05, 3.63) is 85.2 Å². The fourth-order valence-corrected chi connectivity index (χ4v) is 3.83. The van der Waals surface area contributed by atoms with Gasteiger partial charge in [-0.05, 0) is 17.0 Å². The van der Waals surface area contributed by atoms with Crippen LogP contribution in [0.2, 0.25) is 0 Å². The molecule has 3 heterocycles. The summed E-state index contributed by atoms with van der Waals surface area (Å²) < 4.78 is 3.01. The number of hydrogen-bond acceptors (Lipinski definition) is 7. The fraction of sp³-hybridized carbons (Fsp3) is 0.200. The van der Waals surface area contributed by atoms with Gasteiger partial charge >= 0.3 is 0 Å². The van der Waals surface area contributed by atoms with Crippen LogP contribution in [0.3, 0.4) is 0 Å². The first-order valence-corrected chi connectivity index (χ1v) is 10.3. The van der Waals surface area contributed by atoms with Gasteiger partial charge in [-0.25, -0.2) is 9.67 Å². The van der Waals surface area contributed by atoms with Crippen molar-refractivity contribution in [3.8, 4) is 0 Å². The van der Waals surface area contributed by atoms with Crippen LogP contribution in [0, 0.1) is 10.1 Å². The smallest absolute Gasteiger partial charge is 0.269 e. The number of amides is 1. The lowest BCUT2D eigenvalue weighted by Crippen LogP contribution is -2.28. The average molecular weight is 438 g/mol. The lowest BCUT2D eigenvalue weighted by atomic mass is 10.2. The zero-order chi connectivity index (χ0) is 21.8. The van der Waals surface area contributed by atoms with Gasteiger partial charge in [0.15, 0.2) is 5.65 Å². The molecule has 0 saturated heterocycles. The van der Waals surface area contributed by atoms with E-state index in [9.17, 15) is 19.7 Å². The van der Waals surface area contributed by atoms with Crippen molar-refractivity contribution < 1.29 is 9.72 Å². The summed E-state index contributed by atoms with van der Waals surface area (Å²) in [6.45, 7) is 0.997. The van der Waals surface area contributed by atoms with E-state index in [0.717, 1.165) is 10.4 Å². The van der Waals surface area contributed by atoms with Crippen LogP contribution in [0.15, 0.2) is 59.1 Å². The van der Waals surface area contributed by atoms with E-state index in [0.29, 0.717) is 30.5 Å². The molecule has 31 heavy (non-hydrogen) atoms.